The van der Waals surface area contributed by atoms with Crippen LogP contribution in [0.15, 0.2) is 0 Å². The quantitative estimate of drug-likeness (QED) is 0.670. The maximum Gasteiger partial charge on any atom is 0.320 e. The molecule has 0 rings (SSSR count). The van der Waals surface area contributed by atoms with Gasteiger partial charge in [-0.3, -0.25) is 14.9 Å². The first-order valence-corrected chi connectivity index (χ1v) is 5.58. The Morgan fingerprint density at radius 2 is 1.94 bits per heavy atom. The molecule has 0 aliphatic heterocycles. The third kappa shape index (κ3) is 5.70. The van der Waals surface area contributed by atoms with E-state index in [0.29, 0.717) is 13.0 Å². The van der Waals surface area contributed by atoms with Crippen LogP contribution in [0.4, 0.5) is 0 Å². The van der Waals surface area contributed by atoms with E-state index in [4.69, 9.17) is 5.11 Å². The number of nitrogens with zero attached hydrogens (tertiary/aromatic N) is 1. The normalized spacial score (nSPS) is 12.6. The lowest BCUT2D eigenvalue weighted by Gasteiger charge is -2.19. The summed E-state index contributed by atoms with van der Waals surface area (Å²) in [4.78, 5) is 23.9. The van der Waals surface area contributed by atoms with Crippen molar-refractivity contribution in [1.29, 1.82) is 0 Å². The van der Waals surface area contributed by atoms with E-state index in [2.05, 4.69) is 5.32 Å². The molecule has 0 spiro atoms. The van der Waals surface area contributed by atoms with Crippen LogP contribution in [0.3, 0.4) is 0 Å². The number of carbonyl (C=O) groups is 2. The first-order chi connectivity index (χ1) is 7.38. The largest absolute Gasteiger partial charge is 0.480 e. The molecule has 0 saturated heterocycles. The number of carbonyl (C=O) groups excluding carboxylic acids is 1. The van der Waals surface area contributed by atoms with Crippen molar-refractivity contribution in [3.8, 4) is 0 Å². The van der Waals surface area contributed by atoms with Gasteiger partial charge < -0.3 is 10.0 Å². The predicted octanol–water partition coefficient (Wildman–Crippen LogP) is 0.554. The van der Waals surface area contributed by atoms with Crippen LogP contribution in [0.2, 0.25) is 0 Å². The van der Waals surface area contributed by atoms with E-state index in [1.807, 2.05) is 20.8 Å². The molecule has 0 aliphatic rings. The summed E-state index contributed by atoms with van der Waals surface area (Å²) in [5.74, 6) is -0.703. The molecule has 1 unspecified atom stereocenters. The number of carboxylic acid groups (broad SMARTS) is 1. The second kappa shape index (κ2) is 7.22. The summed E-state index contributed by atoms with van der Waals surface area (Å²) >= 11 is 0. The maximum atomic E-state index is 11.5. The van der Waals surface area contributed by atoms with E-state index < -0.39 is 12.0 Å². The zero-order chi connectivity index (χ0) is 12.7. The summed E-state index contributed by atoms with van der Waals surface area (Å²) in [5, 5.41) is 11.7. The maximum absolute atomic E-state index is 11.5. The third-order valence-electron chi connectivity index (χ3n) is 2.40. The minimum atomic E-state index is -0.902. The number of hydrogen-bond donors (Lipinski definition) is 2. The van der Waals surface area contributed by atoms with Crippen molar-refractivity contribution < 1.29 is 14.7 Å². The van der Waals surface area contributed by atoms with Crippen molar-refractivity contribution in [2.24, 2.45) is 5.92 Å². The van der Waals surface area contributed by atoms with Gasteiger partial charge in [-0.15, -0.1) is 0 Å². The molecule has 0 heterocycles. The standard InChI is InChI=1S/C11H22N2O3/c1-5-13(4)10(14)7-12-9(11(15)16)6-8(2)3/h8-9,12H,5-7H2,1-4H3,(H,15,16). The highest BCUT2D eigenvalue weighted by atomic mass is 16.4. The molecule has 16 heavy (non-hydrogen) atoms. The molecule has 0 radical (unpaired) electrons. The van der Waals surface area contributed by atoms with E-state index in [-0.39, 0.29) is 18.4 Å². The van der Waals surface area contributed by atoms with Gasteiger partial charge in [-0.25, -0.2) is 0 Å². The monoisotopic (exact) mass is 230 g/mol. The Kier molecular flexibility index (Phi) is 6.72. The third-order valence-corrected chi connectivity index (χ3v) is 2.40. The molecule has 5 nitrogen and oxygen atoms in total. The lowest BCUT2D eigenvalue weighted by Crippen LogP contribution is -2.44. The molecule has 0 aliphatic carbocycles. The Labute approximate surface area is 96.8 Å². The molecule has 0 bridgehead atoms. The van der Waals surface area contributed by atoms with Crippen LogP contribution < -0.4 is 5.32 Å². The molecule has 94 valence electrons. The summed E-state index contributed by atoms with van der Waals surface area (Å²) in [6.45, 7) is 6.49. The fourth-order valence-corrected chi connectivity index (χ4v) is 1.26. The molecular weight excluding hydrogens is 208 g/mol. The van der Waals surface area contributed by atoms with Gasteiger partial charge in [0, 0.05) is 13.6 Å². The van der Waals surface area contributed by atoms with Gasteiger partial charge in [0.15, 0.2) is 0 Å². The smallest absolute Gasteiger partial charge is 0.320 e. The minimum absolute atomic E-state index is 0.0774. The second-order valence-corrected chi connectivity index (χ2v) is 4.31. The van der Waals surface area contributed by atoms with Crippen molar-refractivity contribution in [2.75, 3.05) is 20.1 Å². The van der Waals surface area contributed by atoms with Crippen LogP contribution in [0.5, 0.6) is 0 Å². The van der Waals surface area contributed by atoms with Crippen LogP contribution in [0.1, 0.15) is 27.2 Å². The summed E-state index contributed by atoms with van der Waals surface area (Å²) < 4.78 is 0. The second-order valence-electron chi connectivity index (χ2n) is 4.31. The SMILES string of the molecule is CCN(C)C(=O)CNC(CC(C)C)C(=O)O. The van der Waals surface area contributed by atoms with Gasteiger partial charge in [-0.1, -0.05) is 13.8 Å². The van der Waals surface area contributed by atoms with Crippen LogP contribution in [-0.4, -0.2) is 48.1 Å². The molecule has 0 aromatic heterocycles. The first-order valence-electron chi connectivity index (χ1n) is 5.58. The number of likely N-dealkylation sites (N-methyl/N-ethyl adjacent to an activating group) is 1. The molecule has 5 heteroatoms. The van der Waals surface area contributed by atoms with E-state index in [9.17, 15) is 9.59 Å². The molecule has 1 atom stereocenters. The molecule has 0 saturated carbocycles. The number of amides is 1. The molecule has 0 aromatic rings. The number of rotatable bonds is 7. The molecule has 0 aromatic carbocycles. The van der Waals surface area contributed by atoms with Crippen molar-refractivity contribution in [3.05, 3.63) is 0 Å². The molecular formula is C11H22N2O3. The summed E-state index contributed by atoms with van der Waals surface area (Å²) in [6, 6.07) is -0.644. The molecule has 2 N–H and O–H groups in total. The predicted molar refractivity (Wildman–Crippen MR) is 62.2 cm³/mol. The fourth-order valence-electron chi connectivity index (χ4n) is 1.26. The Morgan fingerprint density at radius 1 is 1.38 bits per heavy atom. The number of aliphatic carboxylic acids is 1. The zero-order valence-corrected chi connectivity index (χ0v) is 10.5. The van der Waals surface area contributed by atoms with E-state index in [0.717, 1.165) is 0 Å². The van der Waals surface area contributed by atoms with E-state index in [1.165, 1.54) is 0 Å². The summed E-state index contributed by atoms with van der Waals surface area (Å²) in [7, 11) is 1.70. The average molecular weight is 230 g/mol. The average Bonchev–Trinajstić information content (AvgIpc) is 2.21. The molecule has 0 fully saturated rings. The zero-order valence-electron chi connectivity index (χ0n) is 10.5. The van der Waals surface area contributed by atoms with Gasteiger partial charge >= 0.3 is 5.97 Å². The van der Waals surface area contributed by atoms with Crippen LogP contribution in [-0.2, 0) is 9.59 Å². The van der Waals surface area contributed by atoms with Crippen molar-refractivity contribution in [2.45, 2.75) is 33.2 Å². The number of nitrogens with one attached hydrogen (secondary N) is 1. The topological polar surface area (TPSA) is 69.6 Å². The van der Waals surface area contributed by atoms with Crippen LogP contribution in [0.25, 0.3) is 0 Å². The summed E-state index contributed by atoms with van der Waals surface area (Å²) in [6.07, 6.45) is 0.526. The Hall–Kier alpha value is -1.10. The Bertz CT molecular complexity index is 241. The van der Waals surface area contributed by atoms with Crippen molar-refractivity contribution in [1.82, 2.24) is 10.2 Å². The van der Waals surface area contributed by atoms with Gasteiger partial charge in [0.05, 0.1) is 6.54 Å². The van der Waals surface area contributed by atoms with E-state index in [1.54, 1.807) is 11.9 Å². The van der Waals surface area contributed by atoms with Crippen molar-refractivity contribution >= 4 is 11.9 Å². The lowest BCUT2D eigenvalue weighted by molar-refractivity contribution is -0.140. The highest BCUT2D eigenvalue weighted by molar-refractivity contribution is 5.79. The van der Waals surface area contributed by atoms with Crippen LogP contribution in [0, 0.1) is 5.92 Å². The number of hydrogen-bond acceptors (Lipinski definition) is 3. The Balaban J connectivity index is 4.12. The number of carboxylic acids is 1. The fraction of sp³-hybridized carbons (Fsp3) is 0.818. The summed E-state index contributed by atoms with van der Waals surface area (Å²) in [5.41, 5.74) is 0. The van der Waals surface area contributed by atoms with Gasteiger partial charge in [0.25, 0.3) is 0 Å². The van der Waals surface area contributed by atoms with E-state index >= 15 is 0 Å². The van der Waals surface area contributed by atoms with Crippen LogP contribution >= 0.6 is 0 Å². The highest BCUT2D eigenvalue weighted by Gasteiger charge is 2.19. The van der Waals surface area contributed by atoms with Gasteiger partial charge in [0.1, 0.15) is 6.04 Å². The minimum Gasteiger partial charge on any atom is -0.480 e. The molecule has 1 amide bonds. The lowest BCUT2D eigenvalue weighted by atomic mass is 10.0. The van der Waals surface area contributed by atoms with Gasteiger partial charge in [-0.2, -0.15) is 0 Å². The highest BCUT2D eigenvalue weighted by Crippen LogP contribution is 2.04. The van der Waals surface area contributed by atoms with Gasteiger partial charge in [0.2, 0.25) is 5.91 Å². The van der Waals surface area contributed by atoms with Crippen molar-refractivity contribution in [3.63, 3.8) is 0 Å². The Morgan fingerprint density at radius 3 is 2.31 bits per heavy atom. The first kappa shape index (κ1) is 14.9. The van der Waals surface area contributed by atoms with Gasteiger partial charge in [-0.05, 0) is 19.3 Å².